The number of aromatic nitrogens is 2. The van der Waals surface area contributed by atoms with Gasteiger partial charge in [0, 0.05) is 23.7 Å². The van der Waals surface area contributed by atoms with Crippen LogP contribution in [-0.2, 0) is 11.2 Å². The Morgan fingerprint density at radius 3 is 2.83 bits per heavy atom. The van der Waals surface area contributed by atoms with Gasteiger partial charge in [0.25, 0.3) is 11.5 Å². The standard InChI is InChI=1S/C19H17ClN4O4S/c1-28-15-6-4-11(9-14(15)20)22-16(25)7-5-12-10-29-19(23-12)24-18(27)13-3-2-8-21-17(13)26/h2-4,6,8-10H,5,7H2,1H3,(H,21,26)(H,22,25)(H,23,24,27). The molecule has 0 radical (unpaired) electrons. The number of H-pyrrole nitrogens is 1. The van der Waals surface area contributed by atoms with Crippen LogP contribution in [0.1, 0.15) is 22.5 Å². The summed E-state index contributed by atoms with van der Waals surface area (Å²) in [5.41, 5.74) is 0.758. The minimum Gasteiger partial charge on any atom is -0.495 e. The van der Waals surface area contributed by atoms with Gasteiger partial charge in [-0.3, -0.25) is 19.7 Å². The minimum atomic E-state index is -0.540. The number of ether oxygens (including phenoxy) is 1. The molecular formula is C19H17ClN4O4S. The highest BCUT2D eigenvalue weighted by Gasteiger charge is 2.13. The van der Waals surface area contributed by atoms with Crippen LogP contribution in [0.25, 0.3) is 0 Å². The number of anilines is 2. The smallest absolute Gasteiger partial charge is 0.263 e. The van der Waals surface area contributed by atoms with Crippen molar-refractivity contribution in [2.24, 2.45) is 0 Å². The molecule has 0 aliphatic heterocycles. The van der Waals surface area contributed by atoms with E-state index in [1.807, 2.05) is 0 Å². The second kappa shape index (κ2) is 9.35. The quantitative estimate of drug-likeness (QED) is 0.530. The van der Waals surface area contributed by atoms with E-state index in [0.717, 1.165) is 0 Å². The predicted octanol–water partition coefficient (Wildman–Crippen LogP) is 3.32. The van der Waals surface area contributed by atoms with Crippen LogP contribution in [0.5, 0.6) is 5.75 Å². The van der Waals surface area contributed by atoms with E-state index in [2.05, 4.69) is 20.6 Å². The molecule has 0 bridgehead atoms. The zero-order valence-corrected chi connectivity index (χ0v) is 16.9. The van der Waals surface area contributed by atoms with Crippen LogP contribution in [-0.4, -0.2) is 28.9 Å². The Kier molecular flexibility index (Phi) is 6.63. The van der Waals surface area contributed by atoms with Crippen LogP contribution in [0, 0.1) is 0 Å². The number of rotatable bonds is 7. The first kappa shape index (κ1) is 20.6. The van der Waals surface area contributed by atoms with Crippen LogP contribution >= 0.6 is 22.9 Å². The number of carbonyl (C=O) groups is 2. The van der Waals surface area contributed by atoms with Crippen molar-refractivity contribution in [3.05, 3.63) is 68.5 Å². The molecule has 0 saturated carbocycles. The lowest BCUT2D eigenvalue weighted by Gasteiger charge is -2.07. The van der Waals surface area contributed by atoms with Gasteiger partial charge in [-0.05, 0) is 36.8 Å². The van der Waals surface area contributed by atoms with Crippen LogP contribution in [0.3, 0.4) is 0 Å². The molecule has 10 heteroatoms. The number of aryl methyl sites for hydroxylation is 1. The zero-order chi connectivity index (χ0) is 20.8. The van der Waals surface area contributed by atoms with Crippen molar-refractivity contribution in [3.63, 3.8) is 0 Å². The summed E-state index contributed by atoms with van der Waals surface area (Å²) in [5, 5.41) is 7.86. The summed E-state index contributed by atoms with van der Waals surface area (Å²) in [6.45, 7) is 0. The van der Waals surface area contributed by atoms with E-state index in [0.29, 0.717) is 33.7 Å². The lowest BCUT2D eigenvalue weighted by Crippen LogP contribution is -2.22. The Bertz CT molecular complexity index is 1100. The molecule has 8 nitrogen and oxygen atoms in total. The normalized spacial score (nSPS) is 10.4. The molecule has 150 valence electrons. The molecule has 0 fully saturated rings. The maximum Gasteiger partial charge on any atom is 0.263 e. The number of hydrogen-bond donors (Lipinski definition) is 3. The number of halogens is 1. The molecule has 29 heavy (non-hydrogen) atoms. The van der Waals surface area contributed by atoms with Crippen LogP contribution in [0.4, 0.5) is 10.8 Å². The molecule has 2 aromatic heterocycles. The van der Waals surface area contributed by atoms with Gasteiger partial charge in [-0.25, -0.2) is 4.98 Å². The summed E-state index contributed by atoms with van der Waals surface area (Å²) in [7, 11) is 1.52. The van der Waals surface area contributed by atoms with E-state index in [9.17, 15) is 14.4 Å². The molecule has 0 aliphatic carbocycles. The average molecular weight is 433 g/mol. The molecule has 0 atom stereocenters. The third-order valence-electron chi connectivity index (χ3n) is 3.88. The van der Waals surface area contributed by atoms with Crippen molar-refractivity contribution in [1.82, 2.24) is 9.97 Å². The highest BCUT2D eigenvalue weighted by molar-refractivity contribution is 7.14. The van der Waals surface area contributed by atoms with Crippen molar-refractivity contribution < 1.29 is 14.3 Å². The van der Waals surface area contributed by atoms with Gasteiger partial charge in [-0.2, -0.15) is 0 Å². The first-order chi connectivity index (χ1) is 14.0. The molecule has 3 rings (SSSR count). The van der Waals surface area contributed by atoms with Crippen LogP contribution < -0.4 is 20.9 Å². The Morgan fingerprint density at radius 2 is 2.10 bits per heavy atom. The van der Waals surface area contributed by atoms with E-state index in [1.165, 1.54) is 30.7 Å². The number of thiazole rings is 1. The molecule has 1 aromatic carbocycles. The summed E-state index contributed by atoms with van der Waals surface area (Å²) in [6, 6.07) is 7.98. The van der Waals surface area contributed by atoms with Gasteiger partial charge in [0.15, 0.2) is 5.13 Å². The fraction of sp³-hybridized carbons (Fsp3) is 0.158. The maximum absolute atomic E-state index is 12.1. The zero-order valence-electron chi connectivity index (χ0n) is 15.3. The molecule has 0 spiro atoms. The first-order valence-electron chi connectivity index (χ1n) is 8.53. The summed E-state index contributed by atoms with van der Waals surface area (Å²) >= 11 is 7.27. The monoisotopic (exact) mass is 432 g/mol. The molecule has 2 heterocycles. The van der Waals surface area contributed by atoms with Gasteiger partial charge in [0.05, 0.1) is 17.8 Å². The van der Waals surface area contributed by atoms with Crippen molar-refractivity contribution in [2.45, 2.75) is 12.8 Å². The summed E-state index contributed by atoms with van der Waals surface area (Å²) in [4.78, 5) is 42.6. The van der Waals surface area contributed by atoms with Crippen LogP contribution in [0.2, 0.25) is 5.02 Å². The number of hydrogen-bond acceptors (Lipinski definition) is 6. The van der Waals surface area contributed by atoms with Gasteiger partial charge >= 0.3 is 0 Å². The molecule has 0 saturated heterocycles. The van der Waals surface area contributed by atoms with Gasteiger partial charge in [0.1, 0.15) is 11.3 Å². The van der Waals surface area contributed by atoms with E-state index < -0.39 is 11.5 Å². The second-order valence-corrected chi connectivity index (χ2v) is 7.17. The van der Waals surface area contributed by atoms with Gasteiger partial charge in [0.2, 0.25) is 5.91 Å². The summed E-state index contributed by atoms with van der Waals surface area (Å²) in [5.74, 6) is -0.207. The Morgan fingerprint density at radius 1 is 1.28 bits per heavy atom. The fourth-order valence-electron chi connectivity index (χ4n) is 2.45. The van der Waals surface area contributed by atoms with Gasteiger partial charge in [-0.15, -0.1) is 11.3 Å². The Balaban J connectivity index is 1.53. The molecule has 0 unspecified atom stereocenters. The number of carbonyl (C=O) groups excluding carboxylic acids is 2. The van der Waals surface area contributed by atoms with E-state index in [1.54, 1.807) is 29.6 Å². The van der Waals surface area contributed by atoms with Crippen molar-refractivity contribution >= 4 is 45.6 Å². The van der Waals surface area contributed by atoms with E-state index in [-0.39, 0.29) is 17.9 Å². The fourth-order valence-corrected chi connectivity index (χ4v) is 3.45. The predicted molar refractivity (Wildman–Crippen MR) is 112 cm³/mol. The number of nitrogens with one attached hydrogen (secondary N) is 3. The molecule has 0 aliphatic rings. The lowest BCUT2D eigenvalue weighted by molar-refractivity contribution is -0.116. The summed E-state index contributed by atoms with van der Waals surface area (Å²) in [6.07, 6.45) is 2.05. The van der Waals surface area contributed by atoms with Gasteiger partial charge in [-0.1, -0.05) is 11.6 Å². The number of benzene rings is 1. The molecule has 3 N–H and O–H groups in total. The third kappa shape index (κ3) is 5.43. The number of methoxy groups -OCH3 is 1. The molecule has 3 aromatic rings. The average Bonchev–Trinajstić information content (AvgIpc) is 3.14. The Hall–Kier alpha value is -3.17. The maximum atomic E-state index is 12.1. The Labute approximate surface area is 174 Å². The second-order valence-electron chi connectivity index (χ2n) is 5.91. The lowest BCUT2D eigenvalue weighted by atomic mass is 10.2. The van der Waals surface area contributed by atoms with Crippen molar-refractivity contribution in [3.8, 4) is 5.75 Å². The number of nitrogens with zero attached hydrogens (tertiary/aromatic N) is 1. The number of pyridine rings is 1. The number of amides is 2. The third-order valence-corrected chi connectivity index (χ3v) is 4.98. The van der Waals surface area contributed by atoms with E-state index in [4.69, 9.17) is 16.3 Å². The molecule has 2 amide bonds. The highest BCUT2D eigenvalue weighted by atomic mass is 35.5. The minimum absolute atomic E-state index is 0.00165. The number of aromatic amines is 1. The first-order valence-corrected chi connectivity index (χ1v) is 9.79. The van der Waals surface area contributed by atoms with Gasteiger partial charge < -0.3 is 15.0 Å². The van der Waals surface area contributed by atoms with Crippen molar-refractivity contribution in [1.29, 1.82) is 0 Å². The van der Waals surface area contributed by atoms with Crippen molar-refractivity contribution in [2.75, 3.05) is 17.7 Å². The SMILES string of the molecule is COc1ccc(NC(=O)CCc2csc(NC(=O)c3ccc[nH]c3=O)n2)cc1Cl. The highest BCUT2D eigenvalue weighted by Crippen LogP contribution is 2.27. The van der Waals surface area contributed by atoms with Crippen LogP contribution in [0.15, 0.2) is 46.7 Å². The van der Waals surface area contributed by atoms with E-state index >= 15 is 0 Å². The summed E-state index contributed by atoms with van der Waals surface area (Å²) < 4.78 is 5.07. The molecular weight excluding hydrogens is 416 g/mol. The largest absolute Gasteiger partial charge is 0.495 e. The topological polar surface area (TPSA) is 113 Å².